The standard InChI is InChI=1S/C20H18F2O.C11H26N2.C2H6.2CH2O/c1-13-3-5-14(6-4-13)9-15-7-8-16-11-17(23)12-19(18(16)10-15)20(2,21)22;1-3-9-13(10-4-2)11-7-5-6-8-12;3*1-2/h3-8,10,12H,9,11H2,1-2H3;3-12H2,1-2H3;1-2H3;2*1H2. The van der Waals surface area contributed by atoms with Crippen LogP contribution in [0.3, 0.4) is 0 Å². The quantitative estimate of drug-likeness (QED) is 0.258. The van der Waals surface area contributed by atoms with Crippen molar-refractivity contribution in [3.05, 3.63) is 76.4 Å². The fourth-order valence-electron chi connectivity index (χ4n) is 4.55. The van der Waals surface area contributed by atoms with Gasteiger partial charge in [-0.2, -0.15) is 0 Å². The number of nitrogens with zero attached hydrogens (tertiary/aromatic N) is 1. The van der Waals surface area contributed by atoms with Gasteiger partial charge in [0, 0.05) is 18.9 Å². The van der Waals surface area contributed by atoms with E-state index in [1.54, 1.807) is 12.1 Å². The molecule has 0 saturated heterocycles. The molecule has 0 heterocycles. The molecule has 0 fully saturated rings. The molecule has 0 bridgehead atoms. The minimum Gasteiger partial charge on any atom is -0.330 e. The summed E-state index contributed by atoms with van der Waals surface area (Å²) >= 11 is 0. The molecule has 2 aromatic rings. The topological polar surface area (TPSA) is 80.5 Å². The summed E-state index contributed by atoms with van der Waals surface area (Å²) in [5, 5.41) is 0. The number of unbranched alkanes of at least 4 members (excludes halogenated alkanes) is 2. The molecule has 0 amide bonds. The molecule has 2 N–H and O–H groups in total. The highest BCUT2D eigenvalue weighted by Crippen LogP contribution is 2.37. The zero-order chi connectivity index (χ0) is 32.6. The number of fused-ring (bicyclic) bond motifs is 1. The average Bonchev–Trinajstić information content (AvgIpc) is 2.99. The average molecular weight is 589 g/mol. The Labute approximate surface area is 253 Å². The van der Waals surface area contributed by atoms with Crippen molar-refractivity contribution in [1.82, 2.24) is 4.90 Å². The zero-order valence-corrected chi connectivity index (χ0v) is 26.8. The van der Waals surface area contributed by atoms with Crippen molar-refractivity contribution < 1.29 is 23.2 Å². The van der Waals surface area contributed by atoms with Gasteiger partial charge in [0.05, 0.1) is 0 Å². The fraction of sp³-hybridized carbons (Fsp3) is 0.514. The lowest BCUT2D eigenvalue weighted by Crippen LogP contribution is -2.26. The smallest absolute Gasteiger partial charge is 0.271 e. The number of halogens is 2. The van der Waals surface area contributed by atoms with Gasteiger partial charge in [-0.25, -0.2) is 8.78 Å². The third-order valence-electron chi connectivity index (χ3n) is 6.39. The van der Waals surface area contributed by atoms with Crippen LogP contribution in [-0.4, -0.2) is 56.4 Å². The molecule has 0 spiro atoms. The summed E-state index contributed by atoms with van der Waals surface area (Å²) in [6.45, 7) is 20.0. The van der Waals surface area contributed by atoms with E-state index in [4.69, 9.17) is 15.3 Å². The molecule has 2 aromatic carbocycles. The van der Waals surface area contributed by atoms with Crippen LogP contribution in [0.4, 0.5) is 8.78 Å². The summed E-state index contributed by atoms with van der Waals surface area (Å²) in [4.78, 5) is 30.2. The molecule has 3 rings (SSSR count). The molecule has 1 aliphatic carbocycles. The predicted molar refractivity (Wildman–Crippen MR) is 173 cm³/mol. The van der Waals surface area contributed by atoms with E-state index in [1.165, 1.54) is 57.3 Å². The van der Waals surface area contributed by atoms with Gasteiger partial charge in [-0.3, -0.25) is 4.79 Å². The van der Waals surface area contributed by atoms with Crippen molar-refractivity contribution in [3.8, 4) is 0 Å². The number of hydrogen-bond donors (Lipinski definition) is 1. The first-order valence-electron chi connectivity index (χ1n) is 15.0. The predicted octanol–water partition coefficient (Wildman–Crippen LogP) is 7.64. The lowest BCUT2D eigenvalue weighted by Gasteiger charge is -2.22. The van der Waals surface area contributed by atoms with Crippen LogP contribution in [0.1, 0.15) is 94.5 Å². The molecule has 0 radical (unpaired) electrons. The molecule has 1 aliphatic rings. The molecule has 0 aromatic heterocycles. The maximum absolute atomic E-state index is 13.8. The summed E-state index contributed by atoms with van der Waals surface area (Å²) < 4.78 is 27.7. The molecular formula is C35H54F2N2O3. The number of carbonyl (C=O) groups is 3. The molecule has 0 saturated carbocycles. The second-order valence-corrected chi connectivity index (χ2v) is 9.93. The minimum absolute atomic E-state index is 0.172. The third-order valence-corrected chi connectivity index (χ3v) is 6.39. The van der Waals surface area contributed by atoms with Crippen LogP contribution < -0.4 is 5.73 Å². The Morgan fingerprint density at radius 3 is 1.90 bits per heavy atom. The summed E-state index contributed by atoms with van der Waals surface area (Å²) in [5.41, 5.74) is 9.75. The third kappa shape index (κ3) is 16.4. The second kappa shape index (κ2) is 24.6. The van der Waals surface area contributed by atoms with Crippen molar-refractivity contribution in [3.63, 3.8) is 0 Å². The van der Waals surface area contributed by atoms with Gasteiger partial charge in [0.25, 0.3) is 5.92 Å². The number of aryl methyl sites for hydroxylation is 1. The van der Waals surface area contributed by atoms with E-state index < -0.39 is 5.92 Å². The highest BCUT2D eigenvalue weighted by atomic mass is 19.3. The van der Waals surface area contributed by atoms with E-state index in [2.05, 4.69) is 18.7 Å². The van der Waals surface area contributed by atoms with E-state index in [0.29, 0.717) is 17.5 Å². The first-order valence-corrected chi connectivity index (χ1v) is 15.0. The zero-order valence-electron chi connectivity index (χ0n) is 26.8. The van der Waals surface area contributed by atoms with E-state index in [9.17, 15) is 13.6 Å². The number of carbonyl (C=O) groups excluding carboxylic acids is 3. The lowest BCUT2D eigenvalue weighted by molar-refractivity contribution is -0.114. The van der Waals surface area contributed by atoms with Gasteiger partial charge in [-0.15, -0.1) is 0 Å². The number of allylic oxidation sites excluding steroid dienone is 2. The fourth-order valence-corrected chi connectivity index (χ4v) is 4.55. The Morgan fingerprint density at radius 2 is 1.40 bits per heavy atom. The van der Waals surface area contributed by atoms with Gasteiger partial charge < -0.3 is 20.2 Å². The number of rotatable bonds is 12. The van der Waals surface area contributed by atoms with E-state index in [0.717, 1.165) is 30.7 Å². The van der Waals surface area contributed by atoms with Gasteiger partial charge in [0.1, 0.15) is 13.6 Å². The highest BCUT2D eigenvalue weighted by molar-refractivity contribution is 6.03. The SMILES string of the molecule is C=O.C=O.CC.CCCN(CCC)CCCCCN.Cc1ccc(Cc2ccc3c(c2)C(C(C)(F)F)=CC(=O)C3)cc1. The Morgan fingerprint density at radius 1 is 0.857 bits per heavy atom. The molecule has 0 unspecified atom stereocenters. The monoisotopic (exact) mass is 588 g/mol. The molecule has 42 heavy (non-hydrogen) atoms. The molecule has 7 heteroatoms. The van der Waals surface area contributed by atoms with Crippen LogP contribution in [0.15, 0.2) is 48.5 Å². The molecule has 0 atom stereocenters. The van der Waals surface area contributed by atoms with Crippen molar-refractivity contribution in [1.29, 1.82) is 0 Å². The van der Waals surface area contributed by atoms with E-state index in [1.807, 2.05) is 64.7 Å². The Kier molecular flexibility index (Phi) is 24.0. The summed E-state index contributed by atoms with van der Waals surface area (Å²) in [5.74, 6) is -3.28. The largest absolute Gasteiger partial charge is 0.330 e. The van der Waals surface area contributed by atoms with Gasteiger partial charge in [0.15, 0.2) is 5.78 Å². The Bertz CT molecular complexity index is 1010. The Balaban J connectivity index is 0. The maximum Gasteiger partial charge on any atom is 0.271 e. The first-order chi connectivity index (χ1) is 20.2. The maximum atomic E-state index is 13.8. The summed E-state index contributed by atoms with van der Waals surface area (Å²) in [7, 11) is 0. The van der Waals surface area contributed by atoms with Crippen LogP contribution >= 0.6 is 0 Å². The normalized spacial score (nSPS) is 11.7. The van der Waals surface area contributed by atoms with Crippen LogP contribution in [-0.2, 0) is 27.2 Å². The van der Waals surface area contributed by atoms with Crippen LogP contribution in [0.25, 0.3) is 5.57 Å². The molecule has 0 aliphatic heterocycles. The van der Waals surface area contributed by atoms with Gasteiger partial charge in [0.2, 0.25) is 0 Å². The van der Waals surface area contributed by atoms with Crippen molar-refractivity contribution >= 4 is 24.9 Å². The number of ketones is 1. The van der Waals surface area contributed by atoms with Crippen molar-refractivity contribution in [2.45, 2.75) is 92.4 Å². The highest BCUT2D eigenvalue weighted by Gasteiger charge is 2.33. The van der Waals surface area contributed by atoms with Crippen LogP contribution in [0.2, 0.25) is 0 Å². The summed E-state index contributed by atoms with van der Waals surface area (Å²) in [6, 6.07) is 13.7. The van der Waals surface area contributed by atoms with Gasteiger partial charge >= 0.3 is 0 Å². The molecular weight excluding hydrogens is 534 g/mol. The summed E-state index contributed by atoms with van der Waals surface area (Å²) in [6.07, 6.45) is 8.32. The molecule has 5 nitrogen and oxygen atoms in total. The lowest BCUT2D eigenvalue weighted by atomic mass is 9.85. The van der Waals surface area contributed by atoms with Crippen molar-refractivity contribution in [2.24, 2.45) is 5.73 Å². The van der Waals surface area contributed by atoms with Crippen LogP contribution in [0, 0.1) is 6.92 Å². The number of benzene rings is 2. The van der Waals surface area contributed by atoms with Crippen molar-refractivity contribution in [2.75, 3.05) is 26.2 Å². The number of nitrogens with two attached hydrogens (primary N) is 1. The van der Waals surface area contributed by atoms with E-state index in [-0.39, 0.29) is 17.8 Å². The molecule has 236 valence electrons. The Hall–Kier alpha value is -3.03. The minimum atomic E-state index is -3.02. The van der Waals surface area contributed by atoms with Gasteiger partial charge in [-0.05, 0) is 93.5 Å². The number of hydrogen-bond acceptors (Lipinski definition) is 5. The van der Waals surface area contributed by atoms with E-state index >= 15 is 0 Å². The van der Waals surface area contributed by atoms with Crippen LogP contribution in [0.5, 0.6) is 0 Å². The first kappa shape index (κ1) is 41.1. The van der Waals surface area contributed by atoms with Gasteiger partial charge in [-0.1, -0.05) is 82.1 Å². The number of alkyl halides is 2. The second-order valence-electron chi connectivity index (χ2n) is 9.93.